The summed E-state index contributed by atoms with van der Waals surface area (Å²) in [6.45, 7) is 5.99. The average molecular weight is 570 g/mol. The molecule has 0 aliphatic heterocycles. The van der Waals surface area contributed by atoms with Crippen molar-refractivity contribution in [3.63, 3.8) is 0 Å². The normalized spacial score (nSPS) is 14.9. The van der Waals surface area contributed by atoms with Gasteiger partial charge in [0.2, 0.25) is 0 Å². The molecule has 11 heteroatoms. The van der Waals surface area contributed by atoms with Crippen molar-refractivity contribution in [1.82, 2.24) is 14.0 Å². The van der Waals surface area contributed by atoms with Gasteiger partial charge in [0, 0.05) is 17.8 Å². The largest absolute Gasteiger partial charge is 0.497 e. The number of ether oxygens (including phenoxy) is 3. The van der Waals surface area contributed by atoms with Crippen LogP contribution in [0.5, 0.6) is 11.5 Å². The third kappa shape index (κ3) is 4.72. The number of imidazole rings is 1. The monoisotopic (exact) mass is 569 g/mol. The van der Waals surface area contributed by atoms with E-state index in [1.807, 2.05) is 20.8 Å². The van der Waals surface area contributed by atoms with E-state index in [1.54, 1.807) is 24.4 Å². The lowest BCUT2D eigenvalue weighted by Gasteiger charge is -2.36. The molecule has 0 spiro atoms. The molecule has 0 fully saturated rings. The van der Waals surface area contributed by atoms with Gasteiger partial charge in [0.25, 0.3) is 5.56 Å². The summed E-state index contributed by atoms with van der Waals surface area (Å²) in [6.07, 6.45) is -2.73. The summed E-state index contributed by atoms with van der Waals surface area (Å²) in [4.78, 5) is 31.3. The quantitative estimate of drug-likeness (QED) is 0.286. The molecule has 0 amide bonds. The summed E-state index contributed by atoms with van der Waals surface area (Å²) in [5, 5.41) is 0. The van der Waals surface area contributed by atoms with Gasteiger partial charge in [0.1, 0.15) is 28.4 Å². The zero-order chi connectivity index (χ0) is 29.9. The number of hydrogen-bond donors (Lipinski definition) is 0. The first-order chi connectivity index (χ1) is 19.3. The van der Waals surface area contributed by atoms with E-state index in [4.69, 9.17) is 14.2 Å². The van der Waals surface area contributed by atoms with Crippen molar-refractivity contribution < 1.29 is 32.2 Å². The molecule has 0 bridgehead atoms. The van der Waals surface area contributed by atoms with Crippen LogP contribution in [0, 0.1) is 5.41 Å². The molecule has 3 heterocycles. The van der Waals surface area contributed by atoms with Gasteiger partial charge in [-0.15, -0.1) is 0 Å². The molecule has 0 saturated carbocycles. The van der Waals surface area contributed by atoms with Crippen molar-refractivity contribution in [3.8, 4) is 22.9 Å². The van der Waals surface area contributed by atoms with Crippen LogP contribution in [0.4, 0.5) is 13.2 Å². The zero-order valence-electron chi connectivity index (χ0n) is 23.5. The van der Waals surface area contributed by atoms with E-state index in [2.05, 4.69) is 4.98 Å². The van der Waals surface area contributed by atoms with Crippen molar-refractivity contribution in [2.75, 3.05) is 21.3 Å². The molecule has 1 unspecified atom stereocenters. The Hall–Kier alpha value is -4.28. The predicted molar refractivity (Wildman–Crippen MR) is 146 cm³/mol. The fourth-order valence-corrected chi connectivity index (χ4v) is 5.58. The Morgan fingerprint density at radius 2 is 1.80 bits per heavy atom. The van der Waals surface area contributed by atoms with Crippen molar-refractivity contribution in [2.45, 2.75) is 45.8 Å². The fraction of sp³-hybridized carbons (Fsp3) is 0.367. The molecular weight excluding hydrogens is 539 g/mol. The van der Waals surface area contributed by atoms with Crippen molar-refractivity contribution in [1.29, 1.82) is 0 Å². The Morgan fingerprint density at radius 1 is 1.07 bits per heavy atom. The maximum Gasteiger partial charge on any atom is 0.419 e. The Bertz CT molecular complexity index is 1730. The van der Waals surface area contributed by atoms with Gasteiger partial charge in [-0.3, -0.25) is 4.79 Å². The van der Waals surface area contributed by atoms with Crippen molar-refractivity contribution >= 4 is 11.6 Å². The summed E-state index contributed by atoms with van der Waals surface area (Å²) in [7, 11) is 4.19. The molecule has 216 valence electrons. The Labute approximate surface area is 234 Å². The van der Waals surface area contributed by atoms with Gasteiger partial charge in [0.15, 0.2) is 0 Å². The van der Waals surface area contributed by atoms with E-state index in [0.29, 0.717) is 40.4 Å². The number of pyridine rings is 2. The highest BCUT2D eigenvalue weighted by Gasteiger charge is 2.41. The predicted octanol–water partition coefficient (Wildman–Crippen LogP) is 5.72. The standard InChI is InChI=1S/C30H30F3N3O5/c1-29(2,3)21-14-22-24(34-26-20(30(31,32)33)8-7-11-35(22)26)25-18(21)13-19(28(38)41-6)27(37)36(25)15-16-9-10-17(39-4)12-23(16)40-5/h7-13,21H,14-15H2,1-6H3. The lowest BCUT2D eigenvalue weighted by atomic mass is 9.70. The molecule has 41 heavy (non-hydrogen) atoms. The maximum absolute atomic E-state index is 14.0. The molecule has 1 aromatic carbocycles. The third-order valence-corrected chi connectivity index (χ3v) is 7.64. The second-order valence-corrected chi connectivity index (χ2v) is 11.1. The minimum atomic E-state index is -4.63. The van der Waals surface area contributed by atoms with Crippen LogP contribution in [0.2, 0.25) is 0 Å². The summed E-state index contributed by atoms with van der Waals surface area (Å²) in [6, 6.07) is 8.96. The highest BCUT2D eigenvalue weighted by molar-refractivity contribution is 5.90. The number of fused-ring (bicyclic) bond motifs is 5. The second kappa shape index (κ2) is 9.97. The number of carbonyl (C=O) groups excluding carboxylic acids is 1. The number of benzene rings is 1. The molecule has 3 aromatic heterocycles. The summed E-state index contributed by atoms with van der Waals surface area (Å²) in [5.74, 6) is -0.0989. The highest BCUT2D eigenvalue weighted by Crippen LogP contribution is 2.48. The number of alkyl halides is 3. The first-order valence-electron chi connectivity index (χ1n) is 12.9. The van der Waals surface area contributed by atoms with E-state index in [-0.39, 0.29) is 29.4 Å². The maximum atomic E-state index is 14.0. The number of nitrogens with zero attached hydrogens (tertiary/aromatic N) is 3. The minimum Gasteiger partial charge on any atom is -0.497 e. The zero-order valence-corrected chi connectivity index (χ0v) is 23.5. The molecule has 4 aromatic rings. The lowest BCUT2D eigenvalue weighted by Crippen LogP contribution is -2.34. The van der Waals surface area contributed by atoms with Crippen molar-refractivity contribution in [3.05, 3.63) is 80.9 Å². The molecule has 0 radical (unpaired) electrons. The second-order valence-electron chi connectivity index (χ2n) is 11.1. The molecule has 5 rings (SSSR count). The first kappa shape index (κ1) is 28.3. The number of methoxy groups -OCH3 is 3. The van der Waals surface area contributed by atoms with Crippen LogP contribution in [0.1, 0.15) is 59.4 Å². The first-order valence-corrected chi connectivity index (χ1v) is 12.9. The van der Waals surface area contributed by atoms with Gasteiger partial charge in [-0.2, -0.15) is 13.2 Å². The highest BCUT2D eigenvalue weighted by atomic mass is 19.4. The lowest BCUT2D eigenvalue weighted by molar-refractivity contribution is -0.136. The molecule has 1 atom stereocenters. The van der Waals surface area contributed by atoms with E-state index >= 15 is 0 Å². The molecule has 1 aliphatic carbocycles. The van der Waals surface area contributed by atoms with Crippen LogP contribution >= 0.6 is 0 Å². The summed E-state index contributed by atoms with van der Waals surface area (Å²) < 4.78 is 60.7. The summed E-state index contributed by atoms with van der Waals surface area (Å²) in [5.41, 5.74) is 0.0668. The molecule has 0 saturated heterocycles. The van der Waals surface area contributed by atoms with Crippen LogP contribution in [-0.4, -0.2) is 41.3 Å². The topological polar surface area (TPSA) is 84.1 Å². The molecular formula is C30H30F3N3O5. The van der Waals surface area contributed by atoms with Crippen LogP contribution in [0.25, 0.3) is 17.0 Å². The number of esters is 1. The van der Waals surface area contributed by atoms with E-state index in [1.165, 1.54) is 42.4 Å². The van der Waals surface area contributed by atoms with E-state index in [0.717, 1.165) is 6.07 Å². The van der Waals surface area contributed by atoms with Crippen LogP contribution in [0.3, 0.4) is 0 Å². The smallest absolute Gasteiger partial charge is 0.419 e. The number of hydrogen-bond acceptors (Lipinski definition) is 6. The SMILES string of the molecule is COC(=O)c1cc2c(n(Cc3ccc(OC)cc3OC)c1=O)-c1nc3c(C(F)(F)F)cccn3c1CC2C(C)(C)C. The van der Waals surface area contributed by atoms with Gasteiger partial charge >= 0.3 is 12.1 Å². The van der Waals surface area contributed by atoms with Crippen molar-refractivity contribution in [2.24, 2.45) is 5.41 Å². The third-order valence-electron chi connectivity index (χ3n) is 7.64. The molecule has 0 N–H and O–H groups in total. The Morgan fingerprint density at radius 3 is 2.41 bits per heavy atom. The summed E-state index contributed by atoms with van der Waals surface area (Å²) >= 11 is 0. The van der Waals surface area contributed by atoms with E-state index in [9.17, 15) is 22.8 Å². The van der Waals surface area contributed by atoms with Crippen LogP contribution in [-0.2, 0) is 23.9 Å². The van der Waals surface area contributed by atoms with E-state index < -0.39 is 28.7 Å². The number of rotatable bonds is 5. The van der Waals surface area contributed by atoms with Gasteiger partial charge in [-0.05, 0) is 53.6 Å². The minimum absolute atomic E-state index is 0.0462. The number of carbonyl (C=O) groups is 1. The Balaban J connectivity index is 1.89. The van der Waals surface area contributed by atoms with Gasteiger partial charge in [0.05, 0.1) is 44.8 Å². The molecule has 1 aliphatic rings. The Kier molecular flexibility index (Phi) is 6.87. The van der Waals surface area contributed by atoms with Gasteiger partial charge in [-0.1, -0.05) is 20.8 Å². The van der Waals surface area contributed by atoms with Gasteiger partial charge < -0.3 is 23.2 Å². The fourth-order valence-electron chi connectivity index (χ4n) is 5.58. The number of halogens is 3. The average Bonchev–Trinajstić information content (AvgIpc) is 3.30. The van der Waals surface area contributed by atoms with Crippen LogP contribution in [0.15, 0.2) is 47.4 Å². The van der Waals surface area contributed by atoms with Crippen LogP contribution < -0.4 is 15.0 Å². The molecule has 8 nitrogen and oxygen atoms in total. The number of aromatic nitrogens is 3. The van der Waals surface area contributed by atoms with Gasteiger partial charge in [-0.25, -0.2) is 9.78 Å².